The standard InChI is InChI=1S/C10H16/c1-2-4-6-8-10-9-7-5-3-1/h1-2,5,7H,3-4,6,8-10H2/b2-1-,7-5+. The van der Waals surface area contributed by atoms with Crippen molar-refractivity contribution in [2.75, 3.05) is 0 Å². The summed E-state index contributed by atoms with van der Waals surface area (Å²) >= 11 is 0. The van der Waals surface area contributed by atoms with Gasteiger partial charge in [0, 0.05) is 0 Å². The van der Waals surface area contributed by atoms with Gasteiger partial charge in [0.2, 0.25) is 0 Å². The summed E-state index contributed by atoms with van der Waals surface area (Å²) in [7, 11) is 0. The molecule has 0 saturated heterocycles. The van der Waals surface area contributed by atoms with Gasteiger partial charge in [-0.3, -0.25) is 0 Å². The van der Waals surface area contributed by atoms with E-state index in [1.807, 2.05) is 0 Å². The van der Waals surface area contributed by atoms with Crippen LogP contribution in [0.3, 0.4) is 0 Å². The highest BCUT2D eigenvalue weighted by molar-refractivity contribution is 4.93. The summed E-state index contributed by atoms with van der Waals surface area (Å²) in [6.07, 6.45) is 17.0. The first-order chi connectivity index (χ1) is 5.00. The van der Waals surface area contributed by atoms with Gasteiger partial charge in [0.15, 0.2) is 0 Å². The molecular formula is C10H16. The lowest BCUT2D eigenvalue weighted by atomic mass is 10.1. The fraction of sp³-hybridized carbons (Fsp3) is 0.600. The lowest BCUT2D eigenvalue weighted by molar-refractivity contribution is 0.693. The third kappa shape index (κ3) is 3.49. The van der Waals surface area contributed by atoms with Crippen LogP contribution in [0.4, 0.5) is 0 Å². The molecule has 10 heavy (non-hydrogen) atoms. The van der Waals surface area contributed by atoms with E-state index in [1.54, 1.807) is 0 Å². The van der Waals surface area contributed by atoms with Crippen LogP contribution in [0, 0.1) is 0 Å². The zero-order valence-corrected chi connectivity index (χ0v) is 6.55. The van der Waals surface area contributed by atoms with Crippen LogP contribution in [0.25, 0.3) is 0 Å². The molecule has 0 heterocycles. The molecule has 0 unspecified atom stereocenters. The zero-order valence-electron chi connectivity index (χ0n) is 6.55. The second kappa shape index (κ2) is 5.28. The van der Waals surface area contributed by atoms with E-state index in [-0.39, 0.29) is 0 Å². The molecule has 0 amide bonds. The molecule has 0 heteroatoms. The smallest absolute Gasteiger partial charge is 0.0169 e. The van der Waals surface area contributed by atoms with Gasteiger partial charge in [0.05, 0.1) is 0 Å². The minimum absolute atomic E-state index is 1.14. The van der Waals surface area contributed by atoms with Crippen LogP contribution in [0.1, 0.15) is 38.5 Å². The van der Waals surface area contributed by atoms with E-state index in [9.17, 15) is 0 Å². The van der Waals surface area contributed by atoms with Gasteiger partial charge in [-0.2, -0.15) is 0 Å². The summed E-state index contributed by atoms with van der Waals surface area (Å²) in [5.74, 6) is 0. The topological polar surface area (TPSA) is 0 Å². The van der Waals surface area contributed by atoms with Crippen LogP contribution in [0.2, 0.25) is 0 Å². The molecule has 1 aliphatic rings. The number of allylic oxidation sites excluding steroid dienone is 4. The van der Waals surface area contributed by atoms with E-state index in [0.29, 0.717) is 0 Å². The molecule has 0 radical (unpaired) electrons. The van der Waals surface area contributed by atoms with Gasteiger partial charge in [0.1, 0.15) is 0 Å². The Labute approximate surface area is 63.6 Å². The lowest BCUT2D eigenvalue weighted by Crippen LogP contribution is -1.76. The van der Waals surface area contributed by atoms with Crippen molar-refractivity contribution in [1.29, 1.82) is 0 Å². The normalized spacial score (nSPS) is 27.2. The molecule has 0 spiro atoms. The maximum atomic E-state index is 2.30. The Balaban J connectivity index is 2.25. The molecule has 0 aromatic heterocycles. The Kier molecular flexibility index (Phi) is 4.00. The maximum Gasteiger partial charge on any atom is -0.0169 e. The fourth-order valence-electron chi connectivity index (χ4n) is 1.21. The van der Waals surface area contributed by atoms with Crippen molar-refractivity contribution in [3.8, 4) is 0 Å². The average Bonchev–Trinajstić information content (AvgIpc) is 2.01. The first-order valence-electron chi connectivity index (χ1n) is 4.30. The highest BCUT2D eigenvalue weighted by Gasteiger charge is 1.86. The zero-order chi connectivity index (χ0) is 7.07. The Bertz CT molecular complexity index is 106. The Hall–Kier alpha value is -0.520. The highest BCUT2D eigenvalue weighted by Crippen LogP contribution is 2.06. The molecular weight excluding hydrogens is 120 g/mol. The lowest BCUT2D eigenvalue weighted by Gasteiger charge is -1.96. The van der Waals surface area contributed by atoms with Crippen molar-refractivity contribution in [3.63, 3.8) is 0 Å². The Morgan fingerprint density at radius 1 is 0.600 bits per heavy atom. The maximum absolute atomic E-state index is 2.30. The predicted octanol–water partition coefficient (Wildman–Crippen LogP) is 3.45. The molecule has 1 rings (SSSR count). The quantitative estimate of drug-likeness (QED) is 0.447. The number of rotatable bonds is 0. The van der Waals surface area contributed by atoms with Gasteiger partial charge >= 0.3 is 0 Å². The minimum atomic E-state index is 1.14. The summed E-state index contributed by atoms with van der Waals surface area (Å²) < 4.78 is 0. The SMILES string of the molecule is C1=C\CCCCC/C=C/C/1. The van der Waals surface area contributed by atoms with Crippen LogP contribution in [0.5, 0.6) is 0 Å². The van der Waals surface area contributed by atoms with Gasteiger partial charge < -0.3 is 0 Å². The predicted molar refractivity (Wildman–Crippen MR) is 46.0 cm³/mol. The van der Waals surface area contributed by atoms with Crippen LogP contribution < -0.4 is 0 Å². The van der Waals surface area contributed by atoms with E-state index < -0.39 is 0 Å². The van der Waals surface area contributed by atoms with Crippen molar-refractivity contribution in [3.05, 3.63) is 24.3 Å². The summed E-state index contributed by atoms with van der Waals surface area (Å²) in [4.78, 5) is 0. The van der Waals surface area contributed by atoms with Crippen LogP contribution in [0.15, 0.2) is 24.3 Å². The van der Waals surface area contributed by atoms with Crippen molar-refractivity contribution in [2.45, 2.75) is 38.5 Å². The molecule has 0 atom stereocenters. The largest absolute Gasteiger partial charge is 0.0882 e. The van der Waals surface area contributed by atoms with Crippen LogP contribution in [-0.2, 0) is 0 Å². The number of hydrogen-bond donors (Lipinski definition) is 0. The third-order valence-electron chi connectivity index (χ3n) is 1.85. The molecule has 0 N–H and O–H groups in total. The molecule has 0 nitrogen and oxygen atoms in total. The molecule has 0 bridgehead atoms. The molecule has 56 valence electrons. The van der Waals surface area contributed by atoms with E-state index in [1.165, 1.54) is 32.1 Å². The molecule has 0 aromatic rings. The summed E-state index contributed by atoms with van der Waals surface area (Å²) in [6.45, 7) is 0. The van der Waals surface area contributed by atoms with Crippen LogP contribution >= 0.6 is 0 Å². The van der Waals surface area contributed by atoms with Crippen molar-refractivity contribution in [1.82, 2.24) is 0 Å². The average molecular weight is 136 g/mol. The second-order valence-corrected chi connectivity index (χ2v) is 2.82. The highest BCUT2D eigenvalue weighted by atomic mass is 13.9. The fourth-order valence-corrected chi connectivity index (χ4v) is 1.21. The van der Waals surface area contributed by atoms with Gasteiger partial charge in [-0.1, -0.05) is 30.7 Å². The first-order valence-corrected chi connectivity index (χ1v) is 4.30. The molecule has 0 saturated carbocycles. The van der Waals surface area contributed by atoms with Crippen LogP contribution in [-0.4, -0.2) is 0 Å². The molecule has 0 aromatic carbocycles. The van der Waals surface area contributed by atoms with E-state index in [4.69, 9.17) is 0 Å². The molecule has 0 aliphatic heterocycles. The van der Waals surface area contributed by atoms with Gasteiger partial charge in [-0.05, 0) is 32.1 Å². The summed E-state index contributed by atoms with van der Waals surface area (Å²) in [6, 6.07) is 0. The summed E-state index contributed by atoms with van der Waals surface area (Å²) in [5, 5.41) is 0. The Morgan fingerprint density at radius 2 is 1.20 bits per heavy atom. The van der Waals surface area contributed by atoms with Crippen molar-refractivity contribution >= 4 is 0 Å². The monoisotopic (exact) mass is 136 g/mol. The summed E-state index contributed by atoms with van der Waals surface area (Å²) in [5.41, 5.74) is 0. The van der Waals surface area contributed by atoms with Gasteiger partial charge in [-0.25, -0.2) is 0 Å². The first kappa shape index (κ1) is 7.59. The molecule has 0 fully saturated rings. The number of hydrogen-bond acceptors (Lipinski definition) is 0. The van der Waals surface area contributed by atoms with Crippen molar-refractivity contribution < 1.29 is 0 Å². The van der Waals surface area contributed by atoms with Gasteiger partial charge in [-0.15, -0.1) is 0 Å². The Morgan fingerprint density at radius 3 is 1.80 bits per heavy atom. The van der Waals surface area contributed by atoms with E-state index in [2.05, 4.69) is 24.3 Å². The van der Waals surface area contributed by atoms with E-state index in [0.717, 1.165) is 6.42 Å². The van der Waals surface area contributed by atoms with E-state index >= 15 is 0 Å². The third-order valence-corrected chi connectivity index (χ3v) is 1.85. The van der Waals surface area contributed by atoms with Crippen molar-refractivity contribution in [2.24, 2.45) is 0 Å². The van der Waals surface area contributed by atoms with Gasteiger partial charge in [0.25, 0.3) is 0 Å². The molecule has 1 aliphatic carbocycles. The second-order valence-electron chi connectivity index (χ2n) is 2.82. The minimum Gasteiger partial charge on any atom is -0.0882 e.